The molecule has 8 nitrogen and oxygen atoms in total. The van der Waals surface area contributed by atoms with Gasteiger partial charge in [0.1, 0.15) is 22.5 Å². The average molecular weight is 404 g/mol. The Morgan fingerprint density at radius 3 is 2.72 bits per heavy atom. The van der Waals surface area contributed by atoms with Gasteiger partial charge in [0.15, 0.2) is 5.82 Å². The van der Waals surface area contributed by atoms with Gasteiger partial charge >= 0.3 is 5.97 Å². The van der Waals surface area contributed by atoms with Crippen LogP contribution >= 0.6 is 0 Å². The topological polar surface area (TPSA) is 108 Å². The molecule has 1 fully saturated rings. The lowest BCUT2D eigenvalue weighted by Gasteiger charge is -2.42. The lowest BCUT2D eigenvalue weighted by Crippen LogP contribution is -2.58. The maximum absolute atomic E-state index is 14.5. The molecule has 0 atom stereocenters. The number of carboxylic acid groups (broad SMARTS) is 1. The van der Waals surface area contributed by atoms with E-state index in [9.17, 15) is 23.5 Å². The minimum Gasteiger partial charge on any atom is -0.477 e. The SMILES string of the molecule is Cn1cc(C(=O)O)c(=O)c2c(N3CC(NCCO)C3)c3cc(F)cc(F)c3nc21. The van der Waals surface area contributed by atoms with E-state index in [1.165, 1.54) is 11.6 Å². The molecule has 0 bridgehead atoms. The summed E-state index contributed by atoms with van der Waals surface area (Å²) in [5.41, 5.74) is -0.936. The van der Waals surface area contributed by atoms with Crippen LogP contribution in [0, 0.1) is 11.6 Å². The Kier molecular flexibility index (Phi) is 4.67. The highest BCUT2D eigenvalue weighted by Crippen LogP contribution is 2.36. The van der Waals surface area contributed by atoms with Crippen LogP contribution in [0.2, 0.25) is 0 Å². The van der Waals surface area contributed by atoms with Gasteiger partial charge in [-0.1, -0.05) is 0 Å². The van der Waals surface area contributed by atoms with Crippen molar-refractivity contribution in [3.8, 4) is 0 Å². The summed E-state index contributed by atoms with van der Waals surface area (Å²) in [5.74, 6) is -3.08. The monoisotopic (exact) mass is 404 g/mol. The van der Waals surface area contributed by atoms with E-state index in [2.05, 4.69) is 10.3 Å². The van der Waals surface area contributed by atoms with Crippen molar-refractivity contribution >= 4 is 33.6 Å². The largest absolute Gasteiger partial charge is 0.477 e. The van der Waals surface area contributed by atoms with Crippen molar-refractivity contribution < 1.29 is 23.8 Å². The highest BCUT2D eigenvalue weighted by atomic mass is 19.1. The Labute approximate surface area is 163 Å². The second-order valence-corrected chi connectivity index (χ2v) is 7.01. The maximum Gasteiger partial charge on any atom is 0.341 e. The third-order valence-electron chi connectivity index (χ3n) is 5.06. The van der Waals surface area contributed by atoms with Gasteiger partial charge < -0.3 is 25.0 Å². The lowest BCUT2D eigenvalue weighted by molar-refractivity contribution is 0.0695. The number of fused-ring (bicyclic) bond motifs is 2. The van der Waals surface area contributed by atoms with Crippen molar-refractivity contribution in [3.63, 3.8) is 0 Å². The number of aliphatic hydroxyl groups excluding tert-OH is 1. The number of aromatic carboxylic acids is 1. The van der Waals surface area contributed by atoms with Gasteiger partial charge in [-0.2, -0.15) is 0 Å². The van der Waals surface area contributed by atoms with E-state index in [0.717, 1.165) is 18.3 Å². The average Bonchev–Trinajstić information content (AvgIpc) is 2.62. The van der Waals surface area contributed by atoms with Gasteiger partial charge in [0.05, 0.1) is 17.7 Å². The molecule has 1 aliphatic heterocycles. The number of aryl methyl sites for hydroxylation is 1. The smallest absolute Gasteiger partial charge is 0.341 e. The molecule has 3 aromatic rings. The van der Waals surface area contributed by atoms with Crippen LogP contribution in [-0.2, 0) is 7.05 Å². The molecule has 3 heterocycles. The van der Waals surface area contributed by atoms with E-state index in [1.54, 1.807) is 4.90 Å². The molecule has 2 aromatic heterocycles. The van der Waals surface area contributed by atoms with Gasteiger partial charge in [-0.05, 0) is 6.07 Å². The molecule has 3 N–H and O–H groups in total. The number of benzene rings is 1. The van der Waals surface area contributed by atoms with Crippen LogP contribution in [0.4, 0.5) is 14.5 Å². The first-order valence-electron chi connectivity index (χ1n) is 8.96. The number of pyridine rings is 2. The molecule has 152 valence electrons. The molecule has 1 saturated heterocycles. The number of anilines is 1. The summed E-state index contributed by atoms with van der Waals surface area (Å²) in [7, 11) is 1.51. The first kappa shape index (κ1) is 19.2. The second kappa shape index (κ2) is 7.05. The zero-order chi connectivity index (χ0) is 20.9. The minimum atomic E-state index is -1.39. The first-order chi connectivity index (χ1) is 13.8. The number of carboxylic acids is 1. The Balaban J connectivity index is 2.03. The fraction of sp³-hybridized carbons (Fsp3) is 0.316. The van der Waals surface area contributed by atoms with Gasteiger partial charge in [0.25, 0.3) is 0 Å². The van der Waals surface area contributed by atoms with Crippen molar-refractivity contribution in [2.75, 3.05) is 31.1 Å². The molecular weight excluding hydrogens is 386 g/mol. The van der Waals surface area contributed by atoms with E-state index in [-0.39, 0.29) is 40.3 Å². The number of halogens is 2. The Morgan fingerprint density at radius 2 is 2.07 bits per heavy atom. The van der Waals surface area contributed by atoms with E-state index < -0.39 is 28.6 Å². The zero-order valence-electron chi connectivity index (χ0n) is 15.4. The Hall–Kier alpha value is -3.11. The van der Waals surface area contributed by atoms with Crippen LogP contribution in [0.1, 0.15) is 10.4 Å². The summed E-state index contributed by atoms with van der Waals surface area (Å²) in [4.78, 5) is 30.4. The number of aromatic nitrogens is 2. The predicted octanol–water partition coefficient (Wildman–Crippen LogP) is 0.834. The van der Waals surface area contributed by atoms with Crippen LogP contribution in [-0.4, -0.2) is 58.0 Å². The van der Waals surface area contributed by atoms with Crippen LogP contribution < -0.4 is 15.6 Å². The van der Waals surface area contributed by atoms with E-state index in [4.69, 9.17) is 5.11 Å². The third kappa shape index (κ3) is 3.10. The summed E-state index contributed by atoms with van der Waals surface area (Å²) >= 11 is 0. The fourth-order valence-electron chi connectivity index (χ4n) is 3.71. The fourth-order valence-corrected chi connectivity index (χ4v) is 3.71. The van der Waals surface area contributed by atoms with Gasteiger partial charge in [-0.15, -0.1) is 0 Å². The van der Waals surface area contributed by atoms with Crippen molar-refractivity contribution in [2.24, 2.45) is 7.05 Å². The molecular formula is C19H18F2N4O4. The highest BCUT2D eigenvalue weighted by Gasteiger charge is 2.32. The molecule has 0 saturated carbocycles. The Bertz CT molecular complexity index is 1200. The third-order valence-corrected chi connectivity index (χ3v) is 5.06. The van der Waals surface area contributed by atoms with Crippen LogP contribution in [0.3, 0.4) is 0 Å². The minimum absolute atomic E-state index is 0.00510. The van der Waals surface area contributed by atoms with Crippen molar-refractivity contribution in [3.05, 3.63) is 45.8 Å². The van der Waals surface area contributed by atoms with Crippen LogP contribution in [0.15, 0.2) is 23.1 Å². The van der Waals surface area contributed by atoms with Crippen LogP contribution in [0.5, 0.6) is 0 Å². The highest BCUT2D eigenvalue weighted by molar-refractivity contribution is 6.08. The second-order valence-electron chi connectivity index (χ2n) is 7.01. The van der Waals surface area contributed by atoms with Crippen molar-refractivity contribution in [1.29, 1.82) is 0 Å². The number of aliphatic hydroxyl groups is 1. The number of hydrogen-bond donors (Lipinski definition) is 3. The van der Waals surface area contributed by atoms with E-state index >= 15 is 0 Å². The first-order valence-corrected chi connectivity index (χ1v) is 8.96. The number of nitrogens with one attached hydrogen (secondary N) is 1. The van der Waals surface area contributed by atoms with Gasteiger partial charge in [-0.3, -0.25) is 4.79 Å². The summed E-state index contributed by atoms with van der Waals surface area (Å²) < 4.78 is 29.8. The van der Waals surface area contributed by atoms with Crippen molar-refractivity contribution in [2.45, 2.75) is 6.04 Å². The zero-order valence-corrected chi connectivity index (χ0v) is 15.4. The summed E-state index contributed by atoms with van der Waals surface area (Å²) in [6, 6.07) is 1.84. The van der Waals surface area contributed by atoms with E-state index in [1.807, 2.05) is 0 Å². The molecule has 29 heavy (non-hydrogen) atoms. The lowest BCUT2D eigenvalue weighted by atomic mass is 10.0. The quantitative estimate of drug-likeness (QED) is 0.541. The predicted molar refractivity (Wildman–Crippen MR) is 102 cm³/mol. The standard InChI is InChI=1S/C19H18F2N4O4/c1-24-8-12(19(28)29)17(27)14-16(25-6-10(7-25)22-2-3-26)11-4-9(20)5-13(21)15(11)23-18(14)24/h4-5,8,10,22,26H,2-3,6-7H2,1H3,(H,28,29). The molecule has 1 aromatic carbocycles. The maximum atomic E-state index is 14.5. The molecule has 1 aliphatic rings. The number of carbonyl (C=O) groups is 1. The molecule has 0 unspecified atom stereocenters. The van der Waals surface area contributed by atoms with Gasteiger partial charge in [0.2, 0.25) is 5.43 Å². The number of nitrogens with zero attached hydrogens (tertiary/aromatic N) is 3. The molecule has 0 amide bonds. The van der Waals surface area contributed by atoms with Crippen molar-refractivity contribution in [1.82, 2.24) is 14.9 Å². The number of hydrogen-bond acceptors (Lipinski definition) is 6. The van der Waals surface area contributed by atoms with Crippen LogP contribution in [0.25, 0.3) is 21.9 Å². The summed E-state index contributed by atoms with van der Waals surface area (Å²) in [6.45, 7) is 1.21. The van der Waals surface area contributed by atoms with E-state index in [0.29, 0.717) is 19.6 Å². The molecule has 0 spiro atoms. The van der Waals surface area contributed by atoms with Gasteiger partial charge in [-0.25, -0.2) is 18.6 Å². The molecule has 0 radical (unpaired) electrons. The molecule has 4 rings (SSSR count). The summed E-state index contributed by atoms with van der Waals surface area (Å²) in [5, 5.41) is 21.6. The summed E-state index contributed by atoms with van der Waals surface area (Å²) in [6.07, 6.45) is 1.14. The Morgan fingerprint density at radius 1 is 1.34 bits per heavy atom. The normalized spacial score (nSPS) is 14.6. The molecule has 10 heteroatoms. The molecule has 0 aliphatic carbocycles. The van der Waals surface area contributed by atoms with Gasteiger partial charge in [0, 0.05) is 50.4 Å². The number of rotatable bonds is 5.